The smallest absolute Gasteiger partial charge is 0.295 e. The van der Waals surface area contributed by atoms with E-state index in [9.17, 15) is 24.9 Å². The quantitative estimate of drug-likeness (QED) is 0.385. The number of aliphatic hydroxyl groups is 2. The van der Waals surface area contributed by atoms with Crippen molar-refractivity contribution in [3.05, 3.63) is 59.2 Å². The highest BCUT2D eigenvalue weighted by molar-refractivity contribution is 6.46. The average molecular weight is 399 g/mol. The van der Waals surface area contributed by atoms with E-state index in [0.717, 1.165) is 0 Å². The number of aromatic hydroxyl groups is 1. The molecule has 1 amide bonds. The number of ether oxygens (including phenoxy) is 2. The number of benzene rings is 2. The van der Waals surface area contributed by atoms with Crippen LogP contribution in [0, 0.1) is 0 Å². The maximum atomic E-state index is 12.7. The number of likely N-dealkylation sites (tertiary alicyclic amines) is 1. The third kappa shape index (κ3) is 3.62. The van der Waals surface area contributed by atoms with Gasteiger partial charge in [0.05, 0.1) is 32.4 Å². The van der Waals surface area contributed by atoms with Gasteiger partial charge in [-0.05, 0) is 35.9 Å². The van der Waals surface area contributed by atoms with Crippen molar-refractivity contribution in [2.45, 2.75) is 6.04 Å². The van der Waals surface area contributed by atoms with E-state index in [1.54, 1.807) is 24.3 Å². The van der Waals surface area contributed by atoms with Gasteiger partial charge in [-0.15, -0.1) is 0 Å². The summed E-state index contributed by atoms with van der Waals surface area (Å²) in [5, 5.41) is 29.8. The van der Waals surface area contributed by atoms with Crippen molar-refractivity contribution in [1.29, 1.82) is 0 Å². The Morgan fingerprint density at radius 3 is 2.28 bits per heavy atom. The van der Waals surface area contributed by atoms with Gasteiger partial charge in [0, 0.05) is 12.1 Å². The number of Topliss-reactive ketones (excluding diaryl/α,β-unsaturated/α-hetero) is 1. The molecule has 1 heterocycles. The van der Waals surface area contributed by atoms with Crippen LogP contribution in [0.4, 0.5) is 0 Å². The number of carbonyl (C=O) groups excluding carboxylic acids is 2. The standard InChI is InChI=1S/C21H21NO7/c1-28-15-8-5-13(11-16(15)29-2)19(25)17-18(12-3-6-14(24)7-4-12)22(9-10-23)21(27)20(17)26/h3-8,11,18,23-25H,9-10H2,1-2H3/t18-/m0/s1. The molecule has 3 N–H and O–H groups in total. The zero-order valence-corrected chi connectivity index (χ0v) is 16.0. The molecule has 2 aromatic rings. The minimum Gasteiger partial charge on any atom is -0.508 e. The first-order valence-corrected chi connectivity index (χ1v) is 8.83. The normalized spacial score (nSPS) is 18.2. The molecule has 1 aliphatic rings. The van der Waals surface area contributed by atoms with E-state index in [0.29, 0.717) is 17.1 Å². The first-order valence-electron chi connectivity index (χ1n) is 8.83. The largest absolute Gasteiger partial charge is 0.508 e. The van der Waals surface area contributed by atoms with Crippen LogP contribution in [0.5, 0.6) is 17.2 Å². The van der Waals surface area contributed by atoms with Gasteiger partial charge in [-0.3, -0.25) is 9.59 Å². The molecule has 2 aromatic carbocycles. The average Bonchev–Trinajstić information content (AvgIpc) is 2.98. The molecule has 0 spiro atoms. The first-order chi connectivity index (χ1) is 13.9. The van der Waals surface area contributed by atoms with E-state index in [1.807, 2.05) is 0 Å². The summed E-state index contributed by atoms with van der Waals surface area (Å²) < 4.78 is 10.4. The van der Waals surface area contributed by atoms with Crippen LogP contribution in [0.2, 0.25) is 0 Å². The van der Waals surface area contributed by atoms with Crippen molar-refractivity contribution in [3.63, 3.8) is 0 Å². The van der Waals surface area contributed by atoms with Crippen molar-refractivity contribution in [1.82, 2.24) is 4.90 Å². The van der Waals surface area contributed by atoms with E-state index >= 15 is 0 Å². The van der Waals surface area contributed by atoms with E-state index < -0.39 is 17.7 Å². The highest BCUT2D eigenvalue weighted by Crippen LogP contribution is 2.40. The van der Waals surface area contributed by atoms with Gasteiger partial charge in [0.1, 0.15) is 11.5 Å². The number of ketones is 1. The van der Waals surface area contributed by atoms with E-state index in [2.05, 4.69) is 0 Å². The Bertz CT molecular complexity index is 965. The number of phenolic OH excluding ortho intramolecular Hbond substituents is 1. The molecule has 152 valence electrons. The molecule has 1 aliphatic heterocycles. The van der Waals surface area contributed by atoms with Gasteiger partial charge in [0.25, 0.3) is 11.7 Å². The lowest BCUT2D eigenvalue weighted by Crippen LogP contribution is -2.32. The predicted molar refractivity (Wildman–Crippen MR) is 104 cm³/mol. The van der Waals surface area contributed by atoms with Gasteiger partial charge in [0.15, 0.2) is 11.5 Å². The molecule has 0 aromatic heterocycles. The van der Waals surface area contributed by atoms with Crippen molar-refractivity contribution in [2.75, 3.05) is 27.4 Å². The first kappa shape index (κ1) is 20.2. The number of carbonyl (C=O) groups is 2. The van der Waals surface area contributed by atoms with Gasteiger partial charge >= 0.3 is 0 Å². The summed E-state index contributed by atoms with van der Waals surface area (Å²) in [7, 11) is 2.92. The Balaban J connectivity index is 2.18. The molecule has 0 saturated carbocycles. The maximum Gasteiger partial charge on any atom is 0.295 e. The zero-order valence-electron chi connectivity index (χ0n) is 16.0. The number of phenols is 1. The fourth-order valence-corrected chi connectivity index (χ4v) is 3.36. The second kappa shape index (κ2) is 8.24. The maximum absolute atomic E-state index is 12.7. The van der Waals surface area contributed by atoms with Crippen LogP contribution in [-0.2, 0) is 9.59 Å². The summed E-state index contributed by atoms with van der Waals surface area (Å²) in [5.74, 6) is -1.24. The molecule has 1 atom stereocenters. The lowest BCUT2D eigenvalue weighted by Gasteiger charge is -2.24. The van der Waals surface area contributed by atoms with E-state index in [1.165, 1.54) is 37.3 Å². The van der Waals surface area contributed by atoms with Crippen molar-refractivity contribution in [2.24, 2.45) is 0 Å². The number of hydrogen-bond acceptors (Lipinski definition) is 7. The SMILES string of the molecule is COc1ccc(C(O)=C2C(=O)C(=O)N(CCO)[C@H]2c2ccc(O)cc2)cc1OC. The molecule has 0 radical (unpaired) electrons. The van der Waals surface area contributed by atoms with Gasteiger partial charge in [-0.25, -0.2) is 0 Å². The molecule has 8 nitrogen and oxygen atoms in total. The van der Waals surface area contributed by atoms with Gasteiger partial charge in [-0.2, -0.15) is 0 Å². The van der Waals surface area contributed by atoms with Crippen LogP contribution in [0.15, 0.2) is 48.0 Å². The lowest BCUT2D eigenvalue weighted by atomic mass is 9.95. The third-order valence-corrected chi connectivity index (χ3v) is 4.75. The zero-order chi connectivity index (χ0) is 21.1. The second-order valence-corrected chi connectivity index (χ2v) is 6.38. The molecule has 1 saturated heterocycles. The molecule has 8 heteroatoms. The highest BCUT2D eigenvalue weighted by atomic mass is 16.5. The lowest BCUT2D eigenvalue weighted by molar-refractivity contribution is -0.140. The number of rotatable bonds is 6. The summed E-state index contributed by atoms with van der Waals surface area (Å²) in [5.41, 5.74) is 0.673. The highest BCUT2D eigenvalue weighted by Gasteiger charge is 2.45. The van der Waals surface area contributed by atoms with Gasteiger partial charge < -0.3 is 29.7 Å². The molecule has 0 aliphatic carbocycles. The van der Waals surface area contributed by atoms with E-state index in [-0.39, 0.29) is 35.8 Å². The molecule has 3 rings (SSSR count). The Labute approximate surface area is 167 Å². The topological polar surface area (TPSA) is 117 Å². The van der Waals surface area contributed by atoms with Crippen LogP contribution in [-0.4, -0.2) is 59.3 Å². The Kier molecular flexibility index (Phi) is 5.74. The van der Waals surface area contributed by atoms with Crippen LogP contribution in [0.3, 0.4) is 0 Å². The number of hydrogen-bond donors (Lipinski definition) is 3. The minimum absolute atomic E-state index is 0.0211. The number of amides is 1. The third-order valence-electron chi connectivity index (χ3n) is 4.75. The Morgan fingerprint density at radius 2 is 1.69 bits per heavy atom. The minimum atomic E-state index is -0.907. The fourth-order valence-electron chi connectivity index (χ4n) is 3.36. The summed E-state index contributed by atoms with van der Waals surface area (Å²) >= 11 is 0. The van der Waals surface area contributed by atoms with Gasteiger partial charge in [-0.1, -0.05) is 12.1 Å². The monoisotopic (exact) mass is 399 g/mol. The molecular formula is C21H21NO7. The summed E-state index contributed by atoms with van der Waals surface area (Å²) in [6, 6.07) is 9.67. The second-order valence-electron chi connectivity index (χ2n) is 6.38. The number of methoxy groups -OCH3 is 2. The van der Waals surface area contributed by atoms with Crippen molar-refractivity contribution >= 4 is 17.4 Å². The molecule has 1 fully saturated rings. The van der Waals surface area contributed by atoms with Gasteiger partial charge in [0.2, 0.25) is 0 Å². The summed E-state index contributed by atoms with van der Waals surface area (Å²) in [6.07, 6.45) is 0. The molecule has 0 bridgehead atoms. The van der Waals surface area contributed by atoms with Crippen LogP contribution >= 0.6 is 0 Å². The Morgan fingerprint density at radius 1 is 1.03 bits per heavy atom. The molecule has 0 unspecified atom stereocenters. The molecule has 29 heavy (non-hydrogen) atoms. The van der Waals surface area contributed by atoms with Crippen LogP contribution in [0.1, 0.15) is 17.2 Å². The van der Waals surface area contributed by atoms with Crippen molar-refractivity contribution < 1.29 is 34.4 Å². The number of β-amino-alcohol motifs (C(OH)–C–C–N with tert-alkyl or cyclic N) is 1. The van der Waals surface area contributed by atoms with Crippen LogP contribution < -0.4 is 9.47 Å². The van der Waals surface area contributed by atoms with Crippen molar-refractivity contribution in [3.8, 4) is 17.2 Å². The summed E-state index contributed by atoms with van der Waals surface area (Å²) in [6.45, 7) is -0.434. The summed E-state index contributed by atoms with van der Waals surface area (Å²) in [4.78, 5) is 26.5. The predicted octanol–water partition coefficient (Wildman–Crippen LogP) is 1.82. The number of nitrogens with zero attached hydrogens (tertiary/aromatic N) is 1. The fraction of sp³-hybridized carbons (Fsp3) is 0.238. The van der Waals surface area contributed by atoms with E-state index in [4.69, 9.17) is 9.47 Å². The number of aliphatic hydroxyl groups excluding tert-OH is 2. The molecular weight excluding hydrogens is 378 g/mol. The van der Waals surface area contributed by atoms with Crippen LogP contribution in [0.25, 0.3) is 5.76 Å². The Hall–Kier alpha value is -3.52.